The predicted octanol–water partition coefficient (Wildman–Crippen LogP) is 2.96. The fourth-order valence-corrected chi connectivity index (χ4v) is 1.93. The molecule has 1 atom stereocenters. The molecule has 2 rings (SSSR count). The molecule has 106 valence electrons. The zero-order valence-corrected chi connectivity index (χ0v) is 11.9. The Kier molecular flexibility index (Phi) is 4.58. The Balaban J connectivity index is 2.25. The van der Waals surface area contributed by atoms with Crippen molar-refractivity contribution in [3.8, 4) is 11.5 Å². The van der Waals surface area contributed by atoms with Crippen molar-refractivity contribution in [2.24, 2.45) is 0 Å². The van der Waals surface area contributed by atoms with E-state index in [1.165, 1.54) is 0 Å². The van der Waals surface area contributed by atoms with Gasteiger partial charge < -0.3 is 14.6 Å². The lowest BCUT2D eigenvalue weighted by Crippen LogP contribution is -2.07. The standard InChI is InChI=1S/C16H19NO3/c1-11(2)20-15-8-13(9-17-10-15)16(18)12-5-4-6-14(7-12)19-3/h4-11,16,18H,1-3H3. The summed E-state index contributed by atoms with van der Waals surface area (Å²) in [5.41, 5.74) is 1.45. The van der Waals surface area contributed by atoms with Gasteiger partial charge in [0.2, 0.25) is 0 Å². The van der Waals surface area contributed by atoms with Gasteiger partial charge >= 0.3 is 0 Å². The number of ether oxygens (including phenoxy) is 2. The van der Waals surface area contributed by atoms with Crippen LogP contribution in [0.25, 0.3) is 0 Å². The Bertz CT molecular complexity index is 569. The minimum atomic E-state index is -0.756. The number of nitrogens with zero attached hydrogens (tertiary/aromatic N) is 1. The molecule has 0 radical (unpaired) electrons. The molecule has 1 unspecified atom stereocenters. The van der Waals surface area contributed by atoms with E-state index in [-0.39, 0.29) is 6.10 Å². The number of methoxy groups -OCH3 is 1. The van der Waals surface area contributed by atoms with Crippen LogP contribution in [0.4, 0.5) is 0 Å². The molecular formula is C16H19NO3. The maximum atomic E-state index is 10.4. The average molecular weight is 273 g/mol. The molecule has 20 heavy (non-hydrogen) atoms. The van der Waals surface area contributed by atoms with Crippen molar-refractivity contribution in [1.82, 2.24) is 4.98 Å². The number of rotatable bonds is 5. The summed E-state index contributed by atoms with van der Waals surface area (Å²) in [5.74, 6) is 1.36. The van der Waals surface area contributed by atoms with E-state index in [0.29, 0.717) is 17.1 Å². The first kappa shape index (κ1) is 14.3. The van der Waals surface area contributed by atoms with Gasteiger partial charge in [-0.1, -0.05) is 12.1 Å². The highest BCUT2D eigenvalue weighted by Gasteiger charge is 2.13. The van der Waals surface area contributed by atoms with Crippen LogP contribution in [-0.4, -0.2) is 23.3 Å². The Morgan fingerprint density at radius 3 is 2.50 bits per heavy atom. The van der Waals surface area contributed by atoms with E-state index in [0.717, 1.165) is 5.56 Å². The summed E-state index contributed by atoms with van der Waals surface area (Å²) >= 11 is 0. The van der Waals surface area contributed by atoms with Gasteiger partial charge in [0.1, 0.15) is 17.6 Å². The molecule has 1 aromatic heterocycles. The zero-order chi connectivity index (χ0) is 14.5. The fourth-order valence-electron chi connectivity index (χ4n) is 1.93. The number of hydrogen-bond donors (Lipinski definition) is 1. The van der Waals surface area contributed by atoms with Gasteiger partial charge in [0, 0.05) is 11.8 Å². The van der Waals surface area contributed by atoms with Crippen molar-refractivity contribution in [2.75, 3.05) is 7.11 Å². The second-order valence-electron chi connectivity index (χ2n) is 4.80. The van der Waals surface area contributed by atoms with Crippen molar-refractivity contribution in [3.05, 3.63) is 53.9 Å². The molecule has 4 heteroatoms. The number of aromatic nitrogens is 1. The monoisotopic (exact) mass is 273 g/mol. The van der Waals surface area contributed by atoms with Crippen molar-refractivity contribution in [2.45, 2.75) is 26.1 Å². The summed E-state index contributed by atoms with van der Waals surface area (Å²) in [6, 6.07) is 9.15. The summed E-state index contributed by atoms with van der Waals surface area (Å²) in [7, 11) is 1.60. The summed E-state index contributed by atoms with van der Waals surface area (Å²) < 4.78 is 10.8. The molecule has 0 fully saturated rings. The number of aliphatic hydroxyl groups is 1. The molecule has 0 saturated carbocycles. The van der Waals surface area contributed by atoms with Crippen LogP contribution in [0.15, 0.2) is 42.7 Å². The minimum absolute atomic E-state index is 0.0704. The lowest BCUT2D eigenvalue weighted by atomic mass is 10.0. The smallest absolute Gasteiger partial charge is 0.138 e. The van der Waals surface area contributed by atoms with Crippen LogP contribution >= 0.6 is 0 Å². The second-order valence-corrected chi connectivity index (χ2v) is 4.80. The van der Waals surface area contributed by atoms with Crippen LogP contribution in [0.3, 0.4) is 0 Å². The first-order chi connectivity index (χ1) is 9.60. The highest BCUT2D eigenvalue weighted by molar-refractivity contribution is 5.36. The molecule has 2 aromatic rings. The molecule has 1 N–H and O–H groups in total. The van der Waals surface area contributed by atoms with Gasteiger partial charge in [-0.15, -0.1) is 0 Å². The van der Waals surface area contributed by atoms with E-state index in [4.69, 9.17) is 9.47 Å². The van der Waals surface area contributed by atoms with Gasteiger partial charge in [0.05, 0.1) is 19.4 Å². The first-order valence-corrected chi connectivity index (χ1v) is 6.53. The lowest BCUT2D eigenvalue weighted by Gasteiger charge is -2.14. The van der Waals surface area contributed by atoms with Crippen LogP contribution < -0.4 is 9.47 Å². The van der Waals surface area contributed by atoms with Crippen molar-refractivity contribution in [1.29, 1.82) is 0 Å². The number of pyridine rings is 1. The molecular weight excluding hydrogens is 254 g/mol. The number of hydrogen-bond acceptors (Lipinski definition) is 4. The number of benzene rings is 1. The van der Waals surface area contributed by atoms with E-state index in [2.05, 4.69) is 4.98 Å². The van der Waals surface area contributed by atoms with Gasteiger partial charge in [-0.2, -0.15) is 0 Å². The van der Waals surface area contributed by atoms with Gasteiger partial charge in [-0.3, -0.25) is 4.98 Å². The Morgan fingerprint density at radius 2 is 1.80 bits per heavy atom. The van der Waals surface area contributed by atoms with Crippen molar-refractivity contribution in [3.63, 3.8) is 0 Å². The van der Waals surface area contributed by atoms with Gasteiger partial charge in [-0.25, -0.2) is 0 Å². The van der Waals surface area contributed by atoms with E-state index in [9.17, 15) is 5.11 Å². The normalized spacial score (nSPS) is 12.2. The van der Waals surface area contributed by atoms with E-state index < -0.39 is 6.10 Å². The summed E-state index contributed by atoms with van der Waals surface area (Å²) in [6.07, 6.45) is 2.59. The highest BCUT2D eigenvalue weighted by Crippen LogP contribution is 2.26. The topological polar surface area (TPSA) is 51.6 Å². The molecule has 0 aliphatic heterocycles. The summed E-state index contributed by atoms with van der Waals surface area (Å²) in [4.78, 5) is 4.11. The van der Waals surface area contributed by atoms with Crippen LogP contribution in [0.2, 0.25) is 0 Å². The van der Waals surface area contributed by atoms with Crippen LogP contribution in [-0.2, 0) is 0 Å². The Hall–Kier alpha value is -2.07. The van der Waals surface area contributed by atoms with Crippen molar-refractivity contribution >= 4 is 0 Å². The molecule has 1 aromatic carbocycles. The average Bonchev–Trinajstić information content (AvgIpc) is 2.46. The lowest BCUT2D eigenvalue weighted by molar-refractivity contribution is 0.215. The largest absolute Gasteiger partial charge is 0.497 e. The SMILES string of the molecule is COc1cccc(C(O)c2cncc(OC(C)C)c2)c1. The number of aliphatic hydroxyl groups excluding tert-OH is 1. The van der Waals surface area contributed by atoms with Crippen LogP contribution in [0.5, 0.6) is 11.5 Å². The quantitative estimate of drug-likeness (QED) is 0.910. The van der Waals surface area contributed by atoms with Gasteiger partial charge in [0.15, 0.2) is 0 Å². The molecule has 0 spiro atoms. The molecule has 0 amide bonds. The Labute approximate surface area is 119 Å². The third-order valence-corrected chi connectivity index (χ3v) is 2.83. The molecule has 4 nitrogen and oxygen atoms in total. The summed E-state index contributed by atoms with van der Waals surface area (Å²) in [6.45, 7) is 3.90. The van der Waals surface area contributed by atoms with Crippen molar-refractivity contribution < 1.29 is 14.6 Å². The predicted molar refractivity (Wildman–Crippen MR) is 77.1 cm³/mol. The van der Waals surface area contributed by atoms with Gasteiger partial charge in [-0.05, 0) is 37.6 Å². The molecule has 0 saturated heterocycles. The van der Waals surface area contributed by atoms with E-state index in [1.807, 2.05) is 32.0 Å². The minimum Gasteiger partial charge on any atom is -0.497 e. The Morgan fingerprint density at radius 1 is 1.05 bits per heavy atom. The maximum absolute atomic E-state index is 10.4. The van der Waals surface area contributed by atoms with Crippen LogP contribution in [0.1, 0.15) is 31.1 Å². The summed E-state index contributed by atoms with van der Waals surface area (Å²) in [5, 5.41) is 10.4. The van der Waals surface area contributed by atoms with E-state index >= 15 is 0 Å². The van der Waals surface area contributed by atoms with E-state index in [1.54, 1.807) is 31.6 Å². The zero-order valence-electron chi connectivity index (χ0n) is 11.9. The highest BCUT2D eigenvalue weighted by atomic mass is 16.5. The third-order valence-electron chi connectivity index (χ3n) is 2.83. The maximum Gasteiger partial charge on any atom is 0.138 e. The van der Waals surface area contributed by atoms with Crippen LogP contribution in [0, 0.1) is 0 Å². The van der Waals surface area contributed by atoms with Gasteiger partial charge in [0.25, 0.3) is 0 Å². The molecule has 0 aliphatic rings. The molecule has 0 bridgehead atoms. The third kappa shape index (κ3) is 3.48. The molecule has 0 aliphatic carbocycles. The molecule has 1 heterocycles. The first-order valence-electron chi connectivity index (χ1n) is 6.53. The second kappa shape index (κ2) is 6.39. The fraction of sp³-hybridized carbons (Fsp3) is 0.312.